The number of nitrogens with zero attached hydrogens (tertiary/aromatic N) is 2. The third-order valence-corrected chi connectivity index (χ3v) is 2.77. The molecule has 0 aliphatic heterocycles. The molecule has 2 N–H and O–H groups in total. The van der Waals surface area contributed by atoms with E-state index in [9.17, 15) is 0 Å². The fraction of sp³-hybridized carbons (Fsp3) is 0.545. The monoisotopic (exact) mass is 277 g/mol. The smallest absolute Gasteiger partial charge is 0.147 e. The molecule has 96 valence electrons. The van der Waals surface area contributed by atoms with E-state index in [0.717, 1.165) is 25.3 Å². The third-order valence-electron chi connectivity index (χ3n) is 2.29. The van der Waals surface area contributed by atoms with Crippen LogP contribution in [0.15, 0.2) is 12.3 Å². The number of halogens is 2. The average molecular weight is 278 g/mol. The van der Waals surface area contributed by atoms with Crippen molar-refractivity contribution >= 4 is 29.0 Å². The van der Waals surface area contributed by atoms with Crippen molar-refractivity contribution in [1.29, 1.82) is 0 Å². The van der Waals surface area contributed by atoms with E-state index in [4.69, 9.17) is 33.7 Å². The van der Waals surface area contributed by atoms with Crippen molar-refractivity contribution in [3.63, 3.8) is 0 Å². The zero-order valence-corrected chi connectivity index (χ0v) is 11.3. The minimum Gasteiger partial charge on any atom is -0.383 e. The highest BCUT2D eigenvalue weighted by atomic mass is 35.5. The minimum atomic E-state index is 0.532. The first kappa shape index (κ1) is 14.5. The fourth-order valence-corrected chi connectivity index (χ4v) is 1.95. The van der Waals surface area contributed by atoms with Crippen LogP contribution in [-0.4, -0.2) is 38.3 Å². The molecule has 0 unspecified atom stereocenters. The largest absolute Gasteiger partial charge is 0.383 e. The number of pyridine rings is 1. The van der Waals surface area contributed by atoms with Gasteiger partial charge in [0, 0.05) is 26.4 Å². The molecule has 4 nitrogen and oxygen atoms in total. The Bertz CT molecular complexity index is 341. The third kappa shape index (κ3) is 4.68. The number of methoxy groups -OCH3 is 1. The highest BCUT2D eigenvalue weighted by molar-refractivity contribution is 6.36. The number of hydrogen-bond acceptors (Lipinski definition) is 4. The lowest BCUT2D eigenvalue weighted by molar-refractivity contribution is 0.205. The topological polar surface area (TPSA) is 51.4 Å². The van der Waals surface area contributed by atoms with Crippen molar-refractivity contribution < 1.29 is 4.74 Å². The maximum atomic E-state index is 6.12. The molecule has 0 spiro atoms. The maximum Gasteiger partial charge on any atom is 0.147 e. The van der Waals surface area contributed by atoms with Crippen molar-refractivity contribution in [2.75, 3.05) is 38.3 Å². The molecule has 0 radical (unpaired) electrons. The van der Waals surface area contributed by atoms with E-state index in [0.29, 0.717) is 23.2 Å². The first-order valence-electron chi connectivity index (χ1n) is 5.44. The van der Waals surface area contributed by atoms with Crippen LogP contribution >= 0.6 is 23.2 Å². The zero-order valence-electron chi connectivity index (χ0n) is 9.83. The van der Waals surface area contributed by atoms with E-state index in [2.05, 4.69) is 9.88 Å². The van der Waals surface area contributed by atoms with E-state index >= 15 is 0 Å². The van der Waals surface area contributed by atoms with Crippen LogP contribution in [0.3, 0.4) is 0 Å². The van der Waals surface area contributed by atoms with Gasteiger partial charge in [-0.2, -0.15) is 0 Å². The highest BCUT2D eigenvalue weighted by Gasteiger charge is 2.11. The van der Waals surface area contributed by atoms with Crippen molar-refractivity contribution in [1.82, 2.24) is 4.98 Å². The Kier molecular flexibility index (Phi) is 6.58. The Hall–Kier alpha value is -0.550. The number of aromatic nitrogens is 1. The van der Waals surface area contributed by atoms with Gasteiger partial charge in [0.15, 0.2) is 0 Å². The van der Waals surface area contributed by atoms with Crippen molar-refractivity contribution in [3.05, 3.63) is 22.3 Å². The molecular formula is C11H17Cl2N3O. The van der Waals surface area contributed by atoms with Gasteiger partial charge in [0.05, 0.1) is 16.7 Å². The van der Waals surface area contributed by atoms with Crippen LogP contribution in [0.4, 0.5) is 5.82 Å². The average Bonchev–Trinajstić information content (AvgIpc) is 2.30. The molecule has 17 heavy (non-hydrogen) atoms. The summed E-state index contributed by atoms with van der Waals surface area (Å²) in [5, 5.41) is 1.08. The maximum absolute atomic E-state index is 6.12. The molecule has 1 rings (SSSR count). The van der Waals surface area contributed by atoms with E-state index in [1.807, 2.05) is 0 Å². The first-order chi connectivity index (χ1) is 8.19. The zero-order chi connectivity index (χ0) is 12.7. The molecule has 6 heteroatoms. The van der Waals surface area contributed by atoms with Crippen LogP contribution in [0.5, 0.6) is 0 Å². The van der Waals surface area contributed by atoms with Crippen molar-refractivity contribution in [3.8, 4) is 0 Å². The Morgan fingerprint density at radius 3 is 2.76 bits per heavy atom. The summed E-state index contributed by atoms with van der Waals surface area (Å²) in [4.78, 5) is 6.30. The van der Waals surface area contributed by atoms with Gasteiger partial charge < -0.3 is 15.4 Å². The minimum absolute atomic E-state index is 0.532. The van der Waals surface area contributed by atoms with E-state index in [-0.39, 0.29) is 0 Å². The molecule has 0 saturated carbocycles. The summed E-state index contributed by atoms with van der Waals surface area (Å²) < 4.78 is 5.07. The highest BCUT2D eigenvalue weighted by Crippen LogP contribution is 2.25. The quantitative estimate of drug-likeness (QED) is 0.830. The van der Waals surface area contributed by atoms with Gasteiger partial charge in [0.1, 0.15) is 5.82 Å². The predicted octanol–water partition coefficient (Wildman–Crippen LogP) is 2.19. The van der Waals surface area contributed by atoms with Crippen molar-refractivity contribution in [2.24, 2.45) is 5.73 Å². The van der Waals surface area contributed by atoms with Crippen LogP contribution in [0, 0.1) is 0 Å². The lowest BCUT2D eigenvalue weighted by Crippen LogP contribution is -2.30. The number of rotatable bonds is 7. The molecule has 0 aliphatic carbocycles. The Morgan fingerprint density at radius 2 is 2.18 bits per heavy atom. The lowest BCUT2D eigenvalue weighted by Gasteiger charge is -2.24. The summed E-state index contributed by atoms with van der Waals surface area (Å²) in [6, 6.07) is 1.69. The molecular weight excluding hydrogens is 261 g/mol. The van der Waals surface area contributed by atoms with Gasteiger partial charge in [-0.25, -0.2) is 4.98 Å². The summed E-state index contributed by atoms with van der Waals surface area (Å²) in [6.45, 7) is 2.78. The van der Waals surface area contributed by atoms with E-state index in [1.54, 1.807) is 19.4 Å². The predicted molar refractivity (Wildman–Crippen MR) is 72.0 cm³/mol. The number of ether oxygens (including phenoxy) is 1. The van der Waals surface area contributed by atoms with Gasteiger partial charge in [-0.15, -0.1) is 0 Å². The molecule has 0 atom stereocenters. The molecule has 0 aromatic carbocycles. The van der Waals surface area contributed by atoms with Gasteiger partial charge in [-0.05, 0) is 19.0 Å². The van der Waals surface area contributed by atoms with Gasteiger partial charge in [-0.3, -0.25) is 0 Å². The Morgan fingerprint density at radius 1 is 1.41 bits per heavy atom. The molecule has 1 heterocycles. The summed E-state index contributed by atoms with van der Waals surface area (Å²) in [6.07, 6.45) is 2.47. The van der Waals surface area contributed by atoms with Gasteiger partial charge >= 0.3 is 0 Å². The van der Waals surface area contributed by atoms with Gasteiger partial charge in [0.25, 0.3) is 0 Å². The van der Waals surface area contributed by atoms with Crippen LogP contribution in [0.1, 0.15) is 6.42 Å². The molecule has 1 aromatic rings. The molecule has 0 amide bonds. The number of nitrogens with two attached hydrogens (primary N) is 1. The Labute approximate surface area is 112 Å². The summed E-state index contributed by atoms with van der Waals surface area (Å²) in [7, 11) is 1.66. The molecule has 0 bridgehead atoms. The second-order valence-electron chi connectivity index (χ2n) is 3.58. The summed E-state index contributed by atoms with van der Waals surface area (Å²) in [5.74, 6) is 0.724. The van der Waals surface area contributed by atoms with Gasteiger partial charge in [0.2, 0.25) is 0 Å². The molecule has 0 aliphatic rings. The van der Waals surface area contributed by atoms with E-state index < -0.39 is 0 Å². The summed E-state index contributed by atoms with van der Waals surface area (Å²) >= 11 is 11.9. The SMILES string of the molecule is COCCN(CCCN)c1ncc(Cl)cc1Cl. The second-order valence-corrected chi connectivity index (χ2v) is 4.42. The molecule has 0 saturated heterocycles. The lowest BCUT2D eigenvalue weighted by atomic mass is 10.3. The molecule has 0 fully saturated rings. The number of hydrogen-bond donors (Lipinski definition) is 1. The van der Waals surface area contributed by atoms with E-state index in [1.165, 1.54) is 0 Å². The van der Waals surface area contributed by atoms with Gasteiger partial charge in [-0.1, -0.05) is 23.2 Å². The van der Waals surface area contributed by atoms with Crippen LogP contribution < -0.4 is 10.6 Å². The van der Waals surface area contributed by atoms with Crippen molar-refractivity contribution in [2.45, 2.75) is 6.42 Å². The van der Waals surface area contributed by atoms with Crippen LogP contribution in [-0.2, 0) is 4.74 Å². The normalized spacial score (nSPS) is 10.6. The molecule has 1 aromatic heterocycles. The Balaban J connectivity index is 2.79. The van der Waals surface area contributed by atoms with Crippen LogP contribution in [0.25, 0.3) is 0 Å². The number of anilines is 1. The van der Waals surface area contributed by atoms with Crippen LogP contribution in [0.2, 0.25) is 10.0 Å². The fourth-order valence-electron chi connectivity index (χ4n) is 1.45. The standard InChI is InChI=1S/C11H17Cl2N3O/c1-17-6-5-16(4-2-3-14)11-10(13)7-9(12)8-15-11/h7-8H,2-6,14H2,1H3. The first-order valence-corrected chi connectivity index (χ1v) is 6.19. The summed E-state index contributed by atoms with van der Waals surface area (Å²) in [5.41, 5.74) is 5.51. The second kappa shape index (κ2) is 7.71.